The molecule has 2 aromatic rings. The van der Waals surface area contributed by atoms with Crippen LogP contribution in [0.25, 0.3) is 0 Å². The van der Waals surface area contributed by atoms with Crippen molar-refractivity contribution in [2.24, 2.45) is 0 Å². The van der Waals surface area contributed by atoms with Crippen molar-refractivity contribution in [1.82, 2.24) is 4.98 Å². The molecule has 3 N–H and O–H groups in total. The van der Waals surface area contributed by atoms with Gasteiger partial charge in [0.05, 0.1) is 11.4 Å². The fraction of sp³-hybridized carbons (Fsp3) is 0. The van der Waals surface area contributed by atoms with Crippen LogP contribution in [0.2, 0.25) is 0 Å². The molecule has 2 rings (SSSR count). The average Bonchev–Trinajstić information content (AvgIpc) is 2.35. The van der Waals surface area contributed by atoms with E-state index >= 15 is 0 Å². The second-order valence-electron chi connectivity index (χ2n) is 3.63. The number of hydrogen-bond donors (Lipinski definition) is 2. The number of pyridine rings is 1. The summed E-state index contributed by atoms with van der Waals surface area (Å²) in [5.41, 5.74) is 6.23. The van der Waals surface area contributed by atoms with Crippen LogP contribution in [0.5, 0.6) is 0 Å². The molecule has 1 aromatic carbocycles. The van der Waals surface area contributed by atoms with Gasteiger partial charge >= 0.3 is 0 Å². The number of nitrogens with zero attached hydrogens (tertiary/aromatic N) is 1. The zero-order valence-corrected chi connectivity index (χ0v) is 13.5. The SMILES string of the molecule is Nc1ccc(Br)cc1S(=O)(=O)Nc1cccnc1Br. The first kappa shape index (κ1) is 14.3. The number of halogens is 2. The normalized spacial score (nSPS) is 11.3. The van der Waals surface area contributed by atoms with Crippen LogP contribution in [0.3, 0.4) is 0 Å². The number of benzene rings is 1. The summed E-state index contributed by atoms with van der Waals surface area (Å²) in [5, 5.41) is 0. The molecule has 0 aliphatic heterocycles. The van der Waals surface area contributed by atoms with Gasteiger partial charge in [-0.25, -0.2) is 13.4 Å². The van der Waals surface area contributed by atoms with E-state index in [1.165, 1.54) is 12.1 Å². The quantitative estimate of drug-likeness (QED) is 0.606. The van der Waals surface area contributed by atoms with Gasteiger partial charge in [-0.15, -0.1) is 0 Å². The van der Waals surface area contributed by atoms with Gasteiger partial charge in [0.2, 0.25) is 0 Å². The highest BCUT2D eigenvalue weighted by Gasteiger charge is 2.19. The van der Waals surface area contributed by atoms with Gasteiger partial charge in [-0.05, 0) is 46.3 Å². The first-order valence-corrected chi connectivity index (χ1v) is 8.15. The van der Waals surface area contributed by atoms with Crippen LogP contribution in [0.1, 0.15) is 0 Å². The van der Waals surface area contributed by atoms with Gasteiger partial charge < -0.3 is 5.73 Å². The monoisotopic (exact) mass is 405 g/mol. The Morgan fingerprint density at radius 2 is 1.95 bits per heavy atom. The first-order valence-electron chi connectivity index (χ1n) is 5.08. The lowest BCUT2D eigenvalue weighted by molar-refractivity contribution is 0.601. The van der Waals surface area contributed by atoms with Crippen LogP contribution in [0.15, 0.2) is 50.5 Å². The summed E-state index contributed by atoms with van der Waals surface area (Å²) >= 11 is 6.40. The Labute approximate surface area is 127 Å². The Kier molecular flexibility index (Phi) is 4.12. The minimum Gasteiger partial charge on any atom is -0.398 e. The lowest BCUT2D eigenvalue weighted by Crippen LogP contribution is -2.15. The van der Waals surface area contributed by atoms with Crippen molar-refractivity contribution in [3.8, 4) is 0 Å². The van der Waals surface area contributed by atoms with Crippen molar-refractivity contribution >= 4 is 53.3 Å². The molecular weight excluding hydrogens is 398 g/mol. The van der Waals surface area contributed by atoms with E-state index in [2.05, 4.69) is 41.6 Å². The molecule has 19 heavy (non-hydrogen) atoms. The maximum absolute atomic E-state index is 12.3. The van der Waals surface area contributed by atoms with E-state index in [-0.39, 0.29) is 10.6 Å². The summed E-state index contributed by atoms with van der Waals surface area (Å²) in [6.07, 6.45) is 1.55. The molecule has 0 unspecified atom stereocenters. The van der Waals surface area contributed by atoms with Crippen molar-refractivity contribution in [2.75, 3.05) is 10.5 Å². The van der Waals surface area contributed by atoms with Gasteiger partial charge in [0.1, 0.15) is 9.50 Å². The van der Waals surface area contributed by atoms with Crippen LogP contribution in [-0.4, -0.2) is 13.4 Å². The molecule has 0 spiro atoms. The number of nitrogen functional groups attached to an aromatic ring is 1. The molecule has 0 aliphatic carbocycles. The summed E-state index contributed by atoms with van der Waals surface area (Å²) in [5.74, 6) is 0. The second-order valence-corrected chi connectivity index (χ2v) is 6.95. The molecule has 0 radical (unpaired) electrons. The summed E-state index contributed by atoms with van der Waals surface area (Å²) in [6, 6.07) is 7.88. The van der Waals surface area contributed by atoms with Crippen LogP contribution in [-0.2, 0) is 10.0 Å². The standard InChI is InChI=1S/C11H9Br2N3O2S/c12-7-3-4-8(14)10(6-7)19(17,18)16-9-2-1-5-15-11(9)13/h1-6,16H,14H2. The number of rotatable bonds is 3. The predicted molar refractivity (Wildman–Crippen MR) is 81.3 cm³/mol. The van der Waals surface area contributed by atoms with E-state index in [0.29, 0.717) is 14.8 Å². The largest absolute Gasteiger partial charge is 0.398 e. The highest BCUT2D eigenvalue weighted by atomic mass is 79.9. The van der Waals surface area contributed by atoms with Crippen molar-refractivity contribution in [3.05, 3.63) is 45.6 Å². The topological polar surface area (TPSA) is 85.1 Å². The number of sulfonamides is 1. The van der Waals surface area contributed by atoms with E-state index in [4.69, 9.17) is 5.73 Å². The van der Waals surface area contributed by atoms with Crippen LogP contribution < -0.4 is 10.5 Å². The van der Waals surface area contributed by atoms with E-state index in [1.807, 2.05) is 0 Å². The van der Waals surface area contributed by atoms with Crippen molar-refractivity contribution < 1.29 is 8.42 Å². The highest BCUT2D eigenvalue weighted by Crippen LogP contribution is 2.27. The van der Waals surface area contributed by atoms with E-state index in [0.717, 1.165) is 0 Å². The Hall–Kier alpha value is -1.12. The molecule has 0 fully saturated rings. The van der Waals surface area contributed by atoms with Gasteiger partial charge in [-0.3, -0.25) is 4.72 Å². The molecular formula is C11H9Br2N3O2S. The predicted octanol–water partition coefficient (Wildman–Crippen LogP) is 2.99. The second kappa shape index (κ2) is 5.48. The average molecular weight is 407 g/mol. The van der Waals surface area contributed by atoms with Gasteiger partial charge in [-0.1, -0.05) is 15.9 Å². The molecule has 0 aliphatic rings. The van der Waals surface area contributed by atoms with E-state index < -0.39 is 10.0 Å². The van der Waals surface area contributed by atoms with Gasteiger partial charge in [0, 0.05) is 10.7 Å². The summed E-state index contributed by atoms with van der Waals surface area (Å²) in [7, 11) is -3.76. The lowest BCUT2D eigenvalue weighted by atomic mass is 10.3. The number of hydrogen-bond acceptors (Lipinski definition) is 4. The van der Waals surface area contributed by atoms with Crippen LogP contribution >= 0.6 is 31.9 Å². The Bertz CT molecular complexity index is 720. The molecule has 5 nitrogen and oxygen atoms in total. The molecule has 0 saturated heterocycles. The molecule has 1 heterocycles. The Morgan fingerprint density at radius 3 is 2.63 bits per heavy atom. The maximum atomic E-state index is 12.3. The number of nitrogens with one attached hydrogen (secondary N) is 1. The first-order chi connectivity index (χ1) is 8.90. The molecule has 0 saturated carbocycles. The lowest BCUT2D eigenvalue weighted by Gasteiger charge is -2.11. The zero-order chi connectivity index (χ0) is 14.0. The van der Waals surface area contributed by atoms with Gasteiger partial charge in [0.25, 0.3) is 10.0 Å². The summed E-state index contributed by atoms with van der Waals surface area (Å²) < 4.78 is 28.0. The van der Waals surface area contributed by atoms with Crippen LogP contribution in [0.4, 0.5) is 11.4 Å². The minimum absolute atomic E-state index is 0.0117. The molecule has 100 valence electrons. The van der Waals surface area contributed by atoms with Gasteiger partial charge in [0.15, 0.2) is 0 Å². The van der Waals surface area contributed by atoms with Crippen LogP contribution in [0, 0.1) is 0 Å². The zero-order valence-electron chi connectivity index (χ0n) is 9.47. The summed E-state index contributed by atoms with van der Waals surface area (Å²) in [4.78, 5) is 3.96. The van der Waals surface area contributed by atoms with Gasteiger partial charge in [-0.2, -0.15) is 0 Å². The third-order valence-corrected chi connectivity index (χ3v) is 4.81. The van der Waals surface area contributed by atoms with Crippen molar-refractivity contribution in [3.63, 3.8) is 0 Å². The third-order valence-electron chi connectivity index (χ3n) is 2.27. The molecule has 0 amide bonds. The fourth-order valence-corrected chi connectivity index (χ4v) is 3.62. The fourth-order valence-electron chi connectivity index (χ4n) is 1.40. The van der Waals surface area contributed by atoms with Crippen molar-refractivity contribution in [1.29, 1.82) is 0 Å². The minimum atomic E-state index is -3.76. The summed E-state index contributed by atoms with van der Waals surface area (Å²) in [6.45, 7) is 0. The van der Waals surface area contributed by atoms with E-state index in [9.17, 15) is 8.42 Å². The number of aromatic nitrogens is 1. The number of nitrogens with two attached hydrogens (primary N) is 1. The molecule has 8 heteroatoms. The maximum Gasteiger partial charge on any atom is 0.264 e. The molecule has 0 atom stereocenters. The van der Waals surface area contributed by atoms with Crippen molar-refractivity contribution in [2.45, 2.75) is 4.90 Å². The van der Waals surface area contributed by atoms with E-state index in [1.54, 1.807) is 24.4 Å². The smallest absolute Gasteiger partial charge is 0.264 e. The number of anilines is 2. The molecule has 0 bridgehead atoms. The highest BCUT2D eigenvalue weighted by molar-refractivity contribution is 9.10. The Balaban J connectivity index is 2.44. The molecule has 1 aromatic heterocycles. The third kappa shape index (κ3) is 3.26. The Morgan fingerprint density at radius 1 is 1.21 bits per heavy atom.